The van der Waals surface area contributed by atoms with Crippen LogP contribution in [0, 0.1) is 5.82 Å². The molecule has 0 aliphatic heterocycles. The van der Waals surface area contributed by atoms with E-state index in [2.05, 4.69) is 4.98 Å². The smallest absolute Gasteiger partial charge is 0.219 e. The minimum atomic E-state index is -0.317. The van der Waals surface area contributed by atoms with Crippen LogP contribution in [0.3, 0.4) is 0 Å². The molecule has 2 aromatic carbocycles. The number of ether oxygens (including phenoxy) is 1. The van der Waals surface area contributed by atoms with E-state index in [1.54, 1.807) is 24.3 Å². The van der Waals surface area contributed by atoms with E-state index < -0.39 is 0 Å². The third-order valence-electron chi connectivity index (χ3n) is 2.73. The molecular weight excluding hydrogens is 300 g/mol. The third-order valence-corrected chi connectivity index (χ3v) is 3.26. The maximum absolute atomic E-state index is 12.8. The van der Waals surface area contributed by atoms with Gasteiger partial charge in [-0.05, 0) is 42.5 Å². The van der Waals surface area contributed by atoms with Crippen molar-refractivity contribution in [2.75, 3.05) is 0 Å². The summed E-state index contributed by atoms with van der Waals surface area (Å²) in [5.74, 6) is 0.580. The Morgan fingerprint density at radius 3 is 2.45 bits per heavy atom. The number of benzene rings is 2. The standard InChI is InChI=1S/C15H8Cl2FNO/c16-9-7-13(17)12-5-6-15(19-14(12)8-9)20-11-3-1-10(18)2-4-11/h1-8H. The van der Waals surface area contributed by atoms with E-state index in [0.29, 0.717) is 27.2 Å². The van der Waals surface area contributed by atoms with Crippen LogP contribution in [-0.2, 0) is 0 Å². The van der Waals surface area contributed by atoms with Gasteiger partial charge in [0.05, 0.1) is 10.5 Å². The van der Waals surface area contributed by atoms with Crippen molar-refractivity contribution in [3.05, 3.63) is 64.4 Å². The van der Waals surface area contributed by atoms with Crippen molar-refractivity contribution in [2.45, 2.75) is 0 Å². The highest BCUT2D eigenvalue weighted by Gasteiger charge is 2.05. The summed E-state index contributed by atoms with van der Waals surface area (Å²) in [6.07, 6.45) is 0. The largest absolute Gasteiger partial charge is 0.439 e. The number of fused-ring (bicyclic) bond motifs is 1. The quantitative estimate of drug-likeness (QED) is 0.626. The highest BCUT2D eigenvalue weighted by Crippen LogP contribution is 2.29. The van der Waals surface area contributed by atoms with Gasteiger partial charge in [0.25, 0.3) is 0 Å². The molecule has 0 aliphatic rings. The first-order chi connectivity index (χ1) is 9.61. The van der Waals surface area contributed by atoms with Crippen LogP contribution in [0.15, 0.2) is 48.5 Å². The zero-order chi connectivity index (χ0) is 14.1. The van der Waals surface area contributed by atoms with Gasteiger partial charge in [-0.15, -0.1) is 0 Å². The molecule has 0 aliphatic carbocycles. The van der Waals surface area contributed by atoms with Crippen molar-refractivity contribution in [1.29, 1.82) is 0 Å². The van der Waals surface area contributed by atoms with Crippen molar-refractivity contribution >= 4 is 34.1 Å². The number of hydrogen-bond donors (Lipinski definition) is 0. The van der Waals surface area contributed by atoms with Gasteiger partial charge in [0.1, 0.15) is 11.6 Å². The monoisotopic (exact) mass is 307 g/mol. The van der Waals surface area contributed by atoms with Crippen LogP contribution >= 0.6 is 23.2 Å². The lowest BCUT2D eigenvalue weighted by Gasteiger charge is -2.07. The van der Waals surface area contributed by atoms with Crippen LogP contribution in [0.25, 0.3) is 10.9 Å². The van der Waals surface area contributed by atoms with E-state index in [1.165, 1.54) is 24.3 Å². The van der Waals surface area contributed by atoms with Crippen molar-refractivity contribution in [2.24, 2.45) is 0 Å². The SMILES string of the molecule is Fc1ccc(Oc2ccc3c(Cl)cc(Cl)cc3n2)cc1. The van der Waals surface area contributed by atoms with Crippen molar-refractivity contribution in [3.63, 3.8) is 0 Å². The number of hydrogen-bond acceptors (Lipinski definition) is 2. The highest BCUT2D eigenvalue weighted by molar-refractivity contribution is 6.38. The van der Waals surface area contributed by atoms with Gasteiger partial charge in [0.15, 0.2) is 0 Å². The fourth-order valence-corrected chi connectivity index (χ4v) is 2.37. The molecule has 0 fully saturated rings. The van der Waals surface area contributed by atoms with E-state index in [0.717, 1.165) is 5.39 Å². The molecule has 3 rings (SSSR count). The summed E-state index contributed by atoms with van der Waals surface area (Å²) in [4.78, 5) is 4.33. The summed E-state index contributed by atoms with van der Waals surface area (Å²) in [7, 11) is 0. The summed E-state index contributed by atoms with van der Waals surface area (Å²) >= 11 is 12.0. The molecule has 0 radical (unpaired) electrons. The van der Waals surface area contributed by atoms with Gasteiger partial charge in [-0.25, -0.2) is 9.37 Å². The lowest BCUT2D eigenvalue weighted by Crippen LogP contribution is -1.89. The Labute approximate surface area is 124 Å². The average Bonchev–Trinajstić information content (AvgIpc) is 2.41. The minimum absolute atomic E-state index is 0.317. The number of pyridine rings is 1. The van der Waals surface area contributed by atoms with Gasteiger partial charge in [0, 0.05) is 16.5 Å². The first-order valence-electron chi connectivity index (χ1n) is 5.81. The van der Waals surface area contributed by atoms with E-state index >= 15 is 0 Å². The summed E-state index contributed by atoms with van der Waals surface area (Å²) < 4.78 is 18.4. The molecule has 0 saturated heterocycles. The molecule has 0 bridgehead atoms. The van der Waals surface area contributed by atoms with Gasteiger partial charge in [-0.1, -0.05) is 23.2 Å². The van der Waals surface area contributed by atoms with Gasteiger partial charge < -0.3 is 4.74 Å². The Kier molecular flexibility index (Phi) is 3.47. The third kappa shape index (κ3) is 2.69. The summed E-state index contributed by atoms with van der Waals surface area (Å²) in [5, 5.41) is 1.84. The molecule has 5 heteroatoms. The minimum Gasteiger partial charge on any atom is -0.439 e. The van der Waals surface area contributed by atoms with Crippen LogP contribution in [-0.4, -0.2) is 4.98 Å². The first kappa shape index (κ1) is 13.2. The Hall–Kier alpha value is -1.84. The Morgan fingerprint density at radius 1 is 0.950 bits per heavy atom. The molecular formula is C15H8Cl2FNO. The number of halogens is 3. The topological polar surface area (TPSA) is 22.1 Å². The van der Waals surface area contributed by atoms with Crippen molar-refractivity contribution in [3.8, 4) is 11.6 Å². The molecule has 0 amide bonds. The highest BCUT2D eigenvalue weighted by atomic mass is 35.5. The normalized spacial score (nSPS) is 10.8. The molecule has 1 aromatic heterocycles. The van der Waals surface area contributed by atoms with Crippen molar-refractivity contribution < 1.29 is 9.13 Å². The second-order valence-corrected chi connectivity index (χ2v) is 5.00. The molecule has 2 nitrogen and oxygen atoms in total. The number of nitrogens with zero attached hydrogens (tertiary/aromatic N) is 1. The summed E-state index contributed by atoms with van der Waals surface area (Å²) in [5.41, 5.74) is 0.641. The zero-order valence-electron chi connectivity index (χ0n) is 10.1. The van der Waals surface area contributed by atoms with Gasteiger partial charge >= 0.3 is 0 Å². The lowest BCUT2D eigenvalue weighted by atomic mass is 10.2. The maximum atomic E-state index is 12.8. The predicted molar refractivity (Wildman–Crippen MR) is 78.2 cm³/mol. The Morgan fingerprint density at radius 2 is 1.70 bits per heavy atom. The summed E-state index contributed by atoms with van der Waals surface area (Å²) in [6.45, 7) is 0. The van der Waals surface area contributed by atoms with Crippen LogP contribution in [0.1, 0.15) is 0 Å². The molecule has 0 N–H and O–H groups in total. The summed E-state index contributed by atoms with van der Waals surface area (Å²) in [6, 6.07) is 12.6. The van der Waals surface area contributed by atoms with Crippen LogP contribution in [0.2, 0.25) is 10.0 Å². The Balaban J connectivity index is 1.98. The molecule has 100 valence electrons. The van der Waals surface area contributed by atoms with Crippen LogP contribution < -0.4 is 4.74 Å². The second kappa shape index (κ2) is 5.27. The number of rotatable bonds is 2. The van der Waals surface area contributed by atoms with Gasteiger partial charge in [-0.3, -0.25) is 0 Å². The first-order valence-corrected chi connectivity index (χ1v) is 6.57. The van der Waals surface area contributed by atoms with Crippen molar-refractivity contribution in [1.82, 2.24) is 4.98 Å². The van der Waals surface area contributed by atoms with Gasteiger partial charge in [0.2, 0.25) is 5.88 Å². The lowest BCUT2D eigenvalue weighted by molar-refractivity contribution is 0.463. The van der Waals surface area contributed by atoms with E-state index in [4.69, 9.17) is 27.9 Å². The van der Waals surface area contributed by atoms with Crippen LogP contribution in [0.5, 0.6) is 11.6 Å². The molecule has 0 atom stereocenters. The van der Waals surface area contributed by atoms with Gasteiger partial charge in [-0.2, -0.15) is 0 Å². The maximum Gasteiger partial charge on any atom is 0.219 e. The molecule has 0 saturated carbocycles. The molecule has 0 unspecified atom stereocenters. The van der Waals surface area contributed by atoms with E-state index in [1.807, 2.05) is 0 Å². The molecule has 1 heterocycles. The molecule has 20 heavy (non-hydrogen) atoms. The fraction of sp³-hybridized carbons (Fsp3) is 0. The predicted octanol–water partition coefficient (Wildman–Crippen LogP) is 5.47. The zero-order valence-corrected chi connectivity index (χ0v) is 11.6. The number of aromatic nitrogens is 1. The molecule has 3 aromatic rings. The van der Waals surface area contributed by atoms with Crippen LogP contribution in [0.4, 0.5) is 4.39 Å². The average molecular weight is 308 g/mol. The fourth-order valence-electron chi connectivity index (χ4n) is 1.82. The van der Waals surface area contributed by atoms with E-state index in [-0.39, 0.29) is 5.82 Å². The molecule has 0 spiro atoms. The van der Waals surface area contributed by atoms with E-state index in [9.17, 15) is 4.39 Å². The Bertz CT molecular complexity index is 775. The second-order valence-electron chi connectivity index (χ2n) is 4.16.